The molecule has 0 amide bonds. The number of benzene rings is 1. The minimum atomic E-state index is -4.82. The van der Waals surface area contributed by atoms with Gasteiger partial charge in [0.15, 0.2) is 0 Å². The summed E-state index contributed by atoms with van der Waals surface area (Å²) >= 11 is 0.376. The Morgan fingerprint density at radius 3 is 2.08 bits per heavy atom. The molecule has 0 aliphatic rings. The van der Waals surface area contributed by atoms with Crippen LogP contribution in [-0.2, 0) is 0 Å². The van der Waals surface area contributed by atoms with Crippen LogP contribution in [0.1, 0.15) is 19.4 Å². The summed E-state index contributed by atoms with van der Waals surface area (Å²) < 4.78 is 90.6. The molecule has 0 radical (unpaired) electrons. The molecule has 0 aliphatic carbocycles. The van der Waals surface area contributed by atoms with Crippen LogP contribution in [0.15, 0.2) is 22.0 Å². The number of amidine groups is 1. The molecule has 0 bridgehead atoms. The molecule has 0 heterocycles. The maximum atomic E-state index is 14.0. The van der Waals surface area contributed by atoms with Crippen molar-refractivity contribution >= 4 is 23.3 Å². The van der Waals surface area contributed by atoms with Gasteiger partial charge in [-0.15, -0.1) is 11.8 Å². The number of alkyl halides is 6. The zero-order valence-electron chi connectivity index (χ0n) is 13.7. The highest BCUT2D eigenvalue weighted by atomic mass is 32.2. The smallest absolute Gasteiger partial charge is 0.353 e. The summed E-state index contributed by atoms with van der Waals surface area (Å²) in [4.78, 5) is 4.30. The van der Waals surface area contributed by atoms with Crippen molar-refractivity contribution in [2.24, 2.45) is 4.99 Å². The molecular formula is C15H17F7N2S. The minimum Gasteiger partial charge on any atom is -0.353 e. The Morgan fingerprint density at radius 2 is 1.64 bits per heavy atom. The van der Waals surface area contributed by atoms with Gasteiger partial charge in [0, 0.05) is 18.0 Å². The summed E-state index contributed by atoms with van der Waals surface area (Å²) in [6, 6.07) is 1.80. The van der Waals surface area contributed by atoms with E-state index in [1.165, 1.54) is 20.8 Å². The van der Waals surface area contributed by atoms with Crippen molar-refractivity contribution in [3.05, 3.63) is 23.5 Å². The van der Waals surface area contributed by atoms with Crippen molar-refractivity contribution in [2.75, 3.05) is 18.8 Å². The number of halogens is 7. The van der Waals surface area contributed by atoms with Crippen molar-refractivity contribution in [2.45, 2.75) is 38.0 Å². The van der Waals surface area contributed by atoms with E-state index in [0.29, 0.717) is 11.8 Å². The Hall–Kier alpha value is -1.45. The molecule has 1 aromatic carbocycles. The first kappa shape index (κ1) is 21.6. The first-order valence-electron chi connectivity index (χ1n) is 7.29. The number of aryl methyl sites for hydroxylation is 1. The lowest BCUT2D eigenvalue weighted by Gasteiger charge is -2.24. The summed E-state index contributed by atoms with van der Waals surface area (Å²) in [5.41, 5.74) is -0.448. The summed E-state index contributed by atoms with van der Waals surface area (Å²) in [6.45, 7) is 4.35. The van der Waals surface area contributed by atoms with Gasteiger partial charge in [-0.2, -0.15) is 26.3 Å². The molecule has 0 aliphatic heterocycles. The first-order valence-corrected chi connectivity index (χ1v) is 8.28. The number of nitrogens with zero attached hydrogens (tertiary/aromatic N) is 2. The zero-order chi connectivity index (χ0) is 19.4. The maximum absolute atomic E-state index is 14.0. The Morgan fingerprint density at radius 1 is 1.08 bits per heavy atom. The van der Waals surface area contributed by atoms with Gasteiger partial charge in [0.2, 0.25) is 5.84 Å². The fraction of sp³-hybridized carbons (Fsp3) is 0.533. The molecule has 2 nitrogen and oxygen atoms in total. The van der Waals surface area contributed by atoms with Crippen LogP contribution >= 0.6 is 11.8 Å². The fourth-order valence-corrected chi connectivity index (χ4v) is 2.79. The number of hydrogen-bond acceptors (Lipinski definition) is 2. The number of rotatable bonds is 5. The predicted octanol–water partition coefficient (Wildman–Crippen LogP) is 5.72. The summed E-state index contributed by atoms with van der Waals surface area (Å²) in [6.07, 6.45) is -9.27. The lowest BCUT2D eigenvalue weighted by atomic mass is 10.2. The molecule has 0 atom stereocenters. The number of aliphatic imine (C=N–C) groups is 1. The van der Waals surface area contributed by atoms with Crippen molar-refractivity contribution in [3.8, 4) is 0 Å². The molecule has 0 N–H and O–H groups in total. The van der Waals surface area contributed by atoms with Crippen LogP contribution in [0.3, 0.4) is 0 Å². The predicted molar refractivity (Wildman–Crippen MR) is 84.0 cm³/mol. The molecule has 10 heteroatoms. The van der Waals surface area contributed by atoms with Crippen molar-refractivity contribution in [1.29, 1.82) is 0 Å². The van der Waals surface area contributed by atoms with Crippen LogP contribution in [0.4, 0.5) is 36.4 Å². The average molecular weight is 390 g/mol. The van der Waals surface area contributed by atoms with Gasteiger partial charge in [0.25, 0.3) is 0 Å². The van der Waals surface area contributed by atoms with Crippen LogP contribution in [0.25, 0.3) is 0 Å². The molecule has 25 heavy (non-hydrogen) atoms. The molecule has 1 rings (SSSR count). The second-order valence-electron chi connectivity index (χ2n) is 5.08. The molecule has 0 fully saturated rings. The standard InChI is InChI=1S/C15H17F7N2S/c1-4-24(5-2)13(15(20,21)22)23-11-7-12(9(3)6-10(11)16)25-8-14(17,18)19/h6-7H,4-5,8H2,1-3H3. The molecule has 1 aromatic rings. The van der Waals surface area contributed by atoms with Crippen LogP contribution in [0, 0.1) is 12.7 Å². The van der Waals surface area contributed by atoms with E-state index in [4.69, 9.17) is 0 Å². The van der Waals surface area contributed by atoms with Crippen LogP contribution in [-0.4, -0.2) is 41.9 Å². The second-order valence-corrected chi connectivity index (χ2v) is 6.10. The Kier molecular flexibility index (Phi) is 7.16. The number of thioether (sulfide) groups is 1. The van der Waals surface area contributed by atoms with Gasteiger partial charge in [0.05, 0.1) is 5.75 Å². The first-order chi connectivity index (χ1) is 11.4. The molecule has 0 saturated carbocycles. The third kappa shape index (κ3) is 6.41. The molecular weight excluding hydrogens is 373 g/mol. The Labute approximate surface area is 145 Å². The van der Waals surface area contributed by atoms with E-state index >= 15 is 0 Å². The van der Waals surface area contributed by atoms with Gasteiger partial charge < -0.3 is 4.90 Å². The van der Waals surface area contributed by atoms with Gasteiger partial charge in [-0.1, -0.05) is 0 Å². The van der Waals surface area contributed by atoms with Crippen molar-refractivity contribution in [3.63, 3.8) is 0 Å². The topological polar surface area (TPSA) is 15.6 Å². The van der Waals surface area contributed by atoms with E-state index in [-0.39, 0.29) is 23.5 Å². The van der Waals surface area contributed by atoms with Gasteiger partial charge in [0.1, 0.15) is 11.5 Å². The minimum absolute atomic E-state index is 0.00198. The summed E-state index contributed by atoms with van der Waals surface area (Å²) in [5, 5.41) is 0. The highest BCUT2D eigenvalue weighted by Crippen LogP contribution is 2.34. The van der Waals surface area contributed by atoms with Gasteiger partial charge in [-0.05, 0) is 38.5 Å². The average Bonchev–Trinajstić information content (AvgIpc) is 2.46. The highest BCUT2D eigenvalue weighted by Gasteiger charge is 2.39. The van der Waals surface area contributed by atoms with E-state index in [1.807, 2.05) is 0 Å². The Bertz CT molecular complexity index is 620. The molecule has 0 aromatic heterocycles. The molecule has 142 valence electrons. The van der Waals surface area contributed by atoms with E-state index in [0.717, 1.165) is 17.0 Å². The zero-order valence-corrected chi connectivity index (χ0v) is 14.5. The van der Waals surface area contributed by atoms with E-state index < -0.39 is 35.4 Å². The van der Waals surface area contributed by atoms with E-state index in [2.05, 4.69) is 4.99 Å². The largest absolute Gasteiger partial charge is 0.449 e. The normalized spacial score (nSPS) is 13.3. The van der Waals surface area contributed by atoms with Crippen LogP contribution in [0.2, 0.25) is 0 Å². The molecule has 0 spiro atoms. The second kappa shape index (κ2) is 8.29. The Balaban J connectivity index is 3.34. The SMILES string of the molecule is CCN(CC)C(=Nc1cc(SCC(F)(F)F)c(C)cc1F)C(F)(F)F. The number of hydrogen-bond donors (Lipinski definition) is 0. The van der Waals surface area contributed by atoms with Gasteiger partial charge in [-0.25, -0.2) is 9.38 Å². The summed E-state index contributed by atoms with van der Waals surface area (Å²) in [5.74, 6) is -3.54. The molecule has 0 unspecified atom stereocenters. The van der Waals surface area contributed by atoms with E-state index in [9.17, 15) is 30.7 Å². The van der Waals surface area contributed by atoms with Crippen molar-refractivity contribution < 1.29 is 30.7 Å². The van der Waals surface area contributed by atoms with Crippen LogP contribution < -0.4 is 0 Å². The quantitative estimate of drug-likeness (QED) is 0.276. The van der Waals surface area contributed by atoms with Crippen molar-refractivity contribution in [1.82, 2.24) is 4.90 Å². The maximum Gasteiger partial charge on any atom is 0.449 e. The molecule has 0 saturated heterocycles. The third-order valence-electron chi connectivity index (χ3n) is 3.18. The van der Waals surface area contributed by atoms with Gasteiger partial charge in [-0.3, -0.25) is 0 Å². The van der Waals surface area contributed by atoms with E-state index in [1.54, 1.807) is 0 Å². The van der Waals surface area contributed by atoms with Crippen LogP contribution in [0.5, 0.6) is 0 Å². The third-order valence-corrected chi connectivity index (χ3v) is 4.40. The lowest BCUT2D eigenvalue weighted by molar-refractivity contribution is -0.105. The summed E-state index contributed by atoms with van der Waals surface area (Å²) in [7, 11) is 0. The fourth-order valence-electron chi connectivity index (χ4n) is 1.99. The highest BCUT2D eigenvalue weighted by molar-refractivity contribution is 7.99. The van der Waals surface area contributed by atoms with Gasteiger partial charge >= 0.3 is 12.4 Å². The monoisotopic (exact) mass is 390 g/mol. The lowest BCUT2D eigenvalue weighted by Crippen LogP contribution is -2.41.